The Labute approximate surface area is 389 Å². The number of nitrogens with zero attached hydrogens (tertiary/aromatic N) is 1. The Morgan fingerprint density at radius 3 is 1.89 bits per heavy atom. The number of likely N-dealkylation sites (N-methyl/N-ethyl adjacent to an activating group) is 1. The molecule has 65 heavy (non-hydrogen) atoms. The maximum atomic E-state index is 14.6. The number of carbonyl (C=O) groups is 7. The Morgan fingerprint density at radius 2 is 1.31 bits per heavy atom. The van der Waals surface area contributed by atoms with Crippen molar-refractivity contribution in [1.29, 1.82) is 0 Å². The highest BCUT2D eigenvalue weighted by atomic mass is 16.6. The lowest BCUT2D eigenvalue weighted by Gasteiger charge is -2.35. The summed E-state index contributed by atoms with van der Waals surface area (Å²) in [7, 11) is 1.62. The van der Waals surface area contributed by atoms with Crippen molar-refractivity contribution >= 4 is 41.7 Å². The van der Waals surface area contributed by atoms with E-state index in [-0.39, 0.29) is 44.0 Å². The summed E-state index contributed by atoms with van der Waals surface area (Å²) >= 11 is 0. The normalized spacial score (nSPS) is 25.5. The van der Waals surface area contributed by atoms with Gasteiger partial charge in [-0.2, -0.15) is 0 Å². The fourth-order valence-corrected chi connectivity index (χ4v) is 7.98. The molecule has 0 spiro atoms. The molecule has 2 aliphatic rings. The molecular weight excluding hydrogens is 837 g/mol. The number of nitrogens with one attached hydrogen (secondary N) is 7. The van der Waals surface area contributed by atoms with E-state index < -0.39 is 95.8 Å². The van der Waals surface area contributed by atoms with Gasteiger partial charge in [0.15, 0.2) is 0 Å². The van der Waals surface area contributed by atoms with Gasteiger partial charge in [-0.15, -0.1) is 0 Å². The van der Waals surface area contributed by atoms with E-state index in [2.05, 4.69) is 44.1 Å². The third kappa shape index (κ3) is 22.2. The number of rotatable bonds is 15. The monoisotopic (exact) mass is 923 g/mol. The van der Waals surface area contributed by atoms with Gasteiger partial charge in [0.1, 0.15) is 35.4 Å². The van der Waals surface area contributed by atoms with Crippen molar-refractivity contribution in [2.75, 3.05) is 39.8 Å². The number of hydrogen-bond donors (Lipinski definition) is 7. The molecule has 7 atom stereocenters. The van der Waals surface area contributed by atoms with E-state index in [4.69, 9.17) is 14.2 Å². The first-order valence-electron chi connectivity index (χ1n) is 24.2. The quantitative estimate of drug-likeness (QED) is 0.0897. The van der Waals surface area contributed by atoms with Gasteiger partial charge in [-0.3, -0.25) is 24.0 Å². The number of unbranched alkanes of at least 4 members (excludes halogenated alkanes) is 3. The topological polar surface area (TPSA) is 235 Å². The molecule has 18 heteroatoms. The third-order valence-corrected chi connectivity index (χ3v) is 11.4. The lowest BCUT2D eigenvalue weighted by atomic mass is 9.90. The van der Waals surface area contributed by atoms with Crippen LogP contribution in [0.2, 0.25) is 0 Å². The number of ether oxygens (including phenoxy) is 3. The van der Waals surface area contributed by atoms with Crippen molar-refractivity contribution < 1.29 is 47.8 Å². The molecule has 0 aromatic heterocycles. The molecule has 1 aliphatic carbocycles. The Balaban J connectivity index is 2.65. The van der Waals surface area contributed by atoms with Crippen LogP contribution >= 0.6 is 0 Å². The zero-order chi connectivity index (χ0) is 48.9. The first-order valence-corrected chi connectivity index (χ1v) is 24.2. The van der Waals surface area contributed by atoms with Crippen LogP contribution in [-0.4, -0.2) is 134 Å². The van der Waals surface area contributed by atoms with E-state index in [9.17, 15) is 33.6 Å². The van der Waals surface area contributed by atoms with Crippen molar-refractivity contribution in [1.82, 2.24) is 42.1 Å². The molecule has 1 aliphatic heterocycles. The van der Waals surface area contributed by atoms with Crippen molar-refractivity contribution in [3.8, 4) is 0 Å². The van der Waals surface area contributed by atoms with Gasteiger partial charge in [0.2, 0.25) is 29.5 Å². The lowest BCUT2D eigenvalue weighted by Crippen LogP contribution is -2.63. The minimum Gasteiger partial charge on any atom is -0.444 e. The molecule has 374 valence electrons. The van der Waals surface area contributed by atoms with Crippen LogP contribution < -0.4 is 37.2 Å². The summed E-state index contributed by atoms with van der Waals surface area (Å²) in [5.41, 5.74) is -1.55. The van der Waals surface area contributed by atoms with Crippen LogP contribution in [0.15, 0.2) is 0 Å². The average molecular weight is 923 g/mol. The minimum absolute atomic E-state index is 0.0179. The molecule has 2 rings (SSSR count). The van der Waals surface area contributed by atoms with E-state index in [1.165, 1.54) is 4.90 Å². The van der Waals surface area contributed by atoms with Gasteiger partial charge in [-0.1, -0.05) is 79.1 Å². The zero-order valence-corrected chi connectivity index (χ0v) is 41.7. The van der Waals surface area contributed by atoms with Crippen LogP contribution in [-0.2, 0) is 38.2 Å². The Hall–Kier alpha value is -4.19. The van der Waals surface area contributed by atoms with E-state index in [1.54, 1.807) is 55.5 Å². The number of hydrogen-bond acceptors (Lipinski definition) is 11. The Kier molecular flexibility index (Phi) is 24.6. The van der Waals surface area contributed by atoms with E-state index >= 15 is 0 Å². The molecule has 0 aromatic carbocycles. The van der Waals surface area contributed by atoms with Crippen molar-refractivity contribution in [2.24, 2.45) is 17.8 Å². The van der Waals surface area contributed by atoms with E-state index in [1.807, 2.05) is 20.8 Å². The van der Waals surface area contributed by atoms with Crippen LogP contribution in [0.1, 0.15) is 153 Å². The van der Waals surface area contributed by atoms with Crippen LogP contribution in [0.3, 0.4) is 0 Å². The second-order valence-corrected chi connectivity index (χ2v) is 20.4. The Bertz CT molecular complexity index is 1520. The van der Waals surface area contributed by atoms with Gasteiger partial charge in [0.05, 0.1) is 25.2 Å². The van der Waals surface area contributed by atoms with Gasteiger partial charge in [-0.25, -0.2) is 9.59 Å². The summed E-state index contributed by atoms with van der Waals surface area (Å²) in [6.45, 7) is 19.9. The molecule has 0 unspecified atom stereocenters. The standard InChI is InChI=1S/C47H86N8O10/c1-13-14-15-20-23-37-32(5)43(60)55(12)36(26-30(2)3)41(58)54-38(33-21-18-16-17-19-22-33)42(59)53-35(28-50-45(62)65-47(9,10)11)40(57)52-34(39(56)51-31(4)29-63-37)27-48-24-25-49-44(61)64-46(6,7)8/h30-38,48H,13-29H2,1-12H3,(H,49,61)(H,50,62)(H,51,56)(H,52,57)(H,53,59)(H,54,58)/t31-,32-,34+,35+,36+,37-,38+/m1/s1. The number of amides is 7. The van der Waals surface area contributed by atoms with E-state index in [0.29, 0.717) is 25.7 Å². The molecule has 1 saturated heterocycles. The second-order valence-electron chi connectivity index (χ2n) is 20.4. The van der Waals surface area contributed by atoms with Crippen LogP contribution in [0, 0.1) is 17.8 Å². The maximum absolute atomic E-state index is 14.6. The molecule has 2 fully saturated rings. The van der Waals surface area contributed by atoms with Gasteiger partial charge < -0.3 is 56.3 Å². The van der Waals surface area contributed by atoms with Crippen molar-refractivity contribution in [3.63, 3.8) is 0 Å². The van der Waals surface area contributed by atoms with Gasteiger partial charge in [0.25, 0.3) is 0 Å². The number of alkyl carbamates (subject to hydrolysis) is 2. The maximum Gasteiger partial charge on any atom is 0.407 e. The molecule has 0 bridgehead atoms. The predicted octanol–water partition coefficient (Wildman–Crippen LogP) is 4.43. The first-order chi connectivity index (χ1) is 30.4. The summed E-state index contributed by atoms with van der Waals surface area (Å²) in [4.78, 5) is 98.7. The molecule has 7 N–H and O–H groups in total. The molecule has 0 radical (unpaired) electrons. The summed E-state index contributed by atoms with van der Waals surface area (Å²) in [6.07, 6.45) is 7.74. The highest BCUT2D eigenvalue weighted by Gasteiger charge is 2.39. The SMILES string of the molecule is CCCCCC[C@H]1OC[C@@H](C)NC(=O)[C@H](CNCCNC(=O)OC(C)(C)C)NC(=O)[C@H](CNC(=O)OC(C)(C)C)NC(=O)[C@H](C2CCCCCC2)NC(=O)[C@H](CC(C)C)N(C)C(=O)[C@@H]1C. The minimum atomic E-state index is -1.42. The third-order valence-electron chi connectivity index (χ3n) is 11.4. The van der Waals surface area contributed by atoms with Crippen LogP contribution in [0.5, 0.6) is 0 Å². The molecular formula is C47H86N8O10. The highest BCUT2D eigenvalue weighted by Crippen LogP contribution is 2.27. The van der Waals surface area contributed by atoms with Gasteiger partial charge in [0, 0.05) is 32.7 Å². The largest absolute Gasteiger partial charge is 0.444 e. The molecule has 1 saturated carbocycles. The molecule has 0 aromatic rings. The average Bonchev–Trinajstić information content (AvgIpc) is 3.49. The zero-order valence-electron chi connectivity index (χ0n) is 41.7. The van der Waals surface area contributed by atoms with E-state index in [0.717, 1.165) is 51.4 Å². The van der Waals surface area contributed by atoms with Gasteiger partial charge in [-0.05, 0) is 86.0 Å². The summed E-state index contributed by atoms with van der Waals surface area (Å²) in [5, 5.41) is 19.9. The Morgan fingerprint density at radius 1 is 0.738 bits per heavy atom. The van der Waals surface area contributed by atoms with Crippen LogP contribution in [0.25, 0.3) is 0 Å². The number of carbonyl (C=O) groups excluding carboxylic acids is 7. The summed E-state index contributed by atoms with van der Waals surface area (Å²) < 4.78 is 17.2. The first kappa shape index (κ1) is 56.9. The van der Waals surface area contributed by atoms with Gasteiger partial charge >= 0.3 is 12.2 Å². The molecule has 7 amide bonds. The molecule has 18 nitrogen and oxygen atoms in total. The fourth-order valence-electron chi connectivity index (χ4n) is 7.98. The predicted molar refractivity (Wildman–Crippen MR) is 250 cm³/mol. The van der Waals surface area contributed by atoms with Crippen molar-refractivity contribution in [2.45, 2.75) is 201 Å². The van der Waals surface area contributed by atoms with Crippen molar-refractivity contribution in [3.05, 3.63) is 0 Å². The summed E-state index contributed by atoms with van der Waals surface area (Å²) in [5.74, 6) is -3.63. The lowest BCUT2D eigenvalue weighted by molar-refractivity contribution is -0.147. The summed E-state index contributed by atoms with van der Waals surface area (Å²) in [6, 6.07) is -5.18. The molecule has 1 heterocycles. The highest BCUT2D eigenvalue weighted by molar-refractivity contribution is 5.96. The van der Waals surface area contributed by atoms with Crippen LogP contribution in [0.4, 0.5) is 9.59 Å². The second kappa shape index (κ2) is 28.1. The smallest absolute Gasteiger partial charge is 0.407 e. The fraction of sp³-hybridized carbons (Fsp3) is 0.851.